The molecule has 2 aliphatic heterocycles. The third kappa shape index (κ3) is 2.60. The Morgan fingerprint density at radius 1 is 1.40 bits per heavy atom. The maximum Gasteiger partial charge on any atom is 0.274 e. The van der Waals surface area contributed by atoms with Crippen LogP contribution in [-0.4, -0.2) is 57.5 Å². The molecule has 1 aromatic heterocycles. The van der Waals surface area contributed by atoms with Crippen LogP contribution in [0.2, 0.25) is 0 Å². The lowest BCUT2D eigenvalue weighted by atomic mass is 10.2. The van der Waals surface area contributed by atoms with Crippen LogP contribution in [0, 0.1) is 0 Å². The van der Waals surface area contributed by atoms with Gasteiger partial charge in [-0.05, 0) is 17.5 Å². The molecule has 8 heteroatoms. The standard InChI is InChI=1S/C12H16N2O3S2.ClH/c1-17-6-5-13-3-4-14-11(9-13)8-10-2-7-18-12(10)19(14,15)16;/h2,7-8H,3-6,9H2,1H3;1H. The van der Waals surface area contributed by atoms with E-state index in [4.69, 9.17) is 4.74 Å². The van der Waals surface area contributed by atoms with E-state index < -0.39 is 10.0 Å². The number of nitrogens with zero attached hydrogens (tertiary/aromatic N) is 2. The minimum atomic E-state index is -3.32. The Bertz CT molecular complexity index is 612. The van der Waals surface area contributed by atoms with Crippen molar-refractivity contribution in [2.75, 3.05) is 39.9 Å². The normalized spacial score (nSPS) is 20.6. The van der Waals surface area contributed by atoms with Crippen molar-refractivity contribution in [1.82, 2.24) is 9.21 Å². The number of piperazine rings is 1. The quantitative estimate of drug-likeness (QED) is 0.839. The van der Waals surface area contributed by atoms with Gasteiger partial charge in [-0.3, -0.25) is 9.21 Å². The average Bonchev–Trinajstić information content (AvgIpc) is 2.85. The van der Waals surface area contributed by atoms with Gasteiger partial charge in [-0.1, -0.05) is 0 Å². The van der Waals surface area contributed by atoms with E-state index in [0.717, 1.165) is 24.4 Å². The van der Waals surface area contributed by atoms with Crippen LogP contribution in [0.4, 0.5) is 0 Å². The van der Waals surface area contributed by atoms with Gasteiger partial charge in [0.1, 0.15) is 4.21 Å². The number of rotatable bonds is 3. The molecule has 0 saturated carbocycles. The Balaban J connectivity index is 0.00000147. The minimum Gasteiger partial charge on any atom is -0.383 e. The molecular weight excluding hydrogens is 320 g/mol. The van der Waals surface area contributed by atoms with E-state index in [-0.39, 0.29) is 12.4 Å². The van der Waals surface area contributed by atoms with Crippen molar-refractivity contribution < 1.29 is 13.2 Å². The highest BCUT2D eigenvalue weighted by molar-refractivity contribution is 7.91. The fraction of sp³-hybridized carbons (Fsp3) is 0.500. The van der Waals surface area contributed by atoms with Crippen molar-refractivity contribution >= 4 is 39.8 Å². The maximum absolute atomic E-state index is 12.5. The number of ether oxygens (including phenoxy) is 1. The largest absolute Gasteiger partial charge is 0.383 e. The summed E-state index contributed by atoms with van der Waals surface area (Å²) in [7, 11) is -1.64. The lowest BCUT2D eigenvalue weighted by Crippen LogP contribution is -2.48. The molecule has 0 spiro atoms. The highest BCUT2D eigenvalue weighted by Crippen LogP contribution is 2.36. The molecule has 112 valence electrons. The lowest BCUT2D eigenvalue weighted by Gasteiger charge is -2.38. The zero-order chi connectivity index (χ0) is 13.5. The SMILES string of the molecule is COCCN1CCN2C(=Cc3ccsc3S2(=O)=O)C1.Cl. The van der Waals surface area contributed by atoms with Crippen LogP contribution in [0.15, 0.2) is 21.4 Å². The summed E-state index contributed by atoms with van der Waals surface area (Å²) in [5.41, 5.74) is 1.69. The Labute approximate surface area is 129 Å². The molecule has 0 unspecified atom stereocenters. The topological polar surface area (TPSA) is 49.9 Å². The van der Waals surface area contributed by atoms with Gasteiger partial charge in [0.15, 0.2) is 0 Å². The van der Waals surface area contributed by atoms with E-state index in [1.54, 1.807) is 11.4 Å². The van der Waals surface area contributed by atoms with E-state index >= 15 is 0 Å². The number of hydrogen-bond donors (Lipinski definition) is 0. The summed E-state index contributed by atoms with van der Waals surface area (Å²) in [5, 5.41) is 1.83. The predicted octanol–water partition coefficient (Wildman–Crippen LogP) is 1.48. The number of fused-ring (bicyclic) bond motifs is 2. The second-order valence-electron chi connectivity index (χ2n) is 4.65. The second-order valence-corrected chi connectivity index (χ2v) is 7.62. The maximum atomic E-state index is 12.5. The first-order valence-electron chi connectivity index (χ1n) is 6.15. The smallest absolute Gasteiger partial charge is 0.274 e. The first kappa shape index (κ1) is 15.8. The molecule has 1 aromatic rings. The first-order chi connectivity index (χ1) is 9.13. The zero-order valence-electron chi connectivity index (χ0n) is 11.1. The van der Waals surface area contributed by atoms with Gasteiger partial charge in [0, 0.05) is 44.5 Å². The van der Waals surface area contributed by atoms with E-state index in [1.807, 2.05) is 17.5 Å². The van der Waals surface area contributed by atoms with Crippen LogP contribution in [0.1, 0.15) is 5.56 Å². The molecule has 0 aliphatic carbocycles. The van der Waals surface area contributed by atoms with Crippen molar-refractivity contribution in [3.05, 3.63) is 22.7 Å². The van der Waals surface area contributed by atoms with Gasteiger partial charge in [0.2, 0.25) is 0 Å². The predicted molar refractivity (Wildman–Crippen MR) is 81.8 cm³/mol. The third-order valence-corrected chi connectivity index (χ3v) is 6.79. The number of halogens is 1. The Hall–Kier alpha value is -0.600. The number of methoxy groups -OCH3 is 1. The lowest BCUT2D eigenvalue weighted by molar-refractivity contribution is 0.137. The van der Waals surface area contributed by atoms with E-state index in [2.05, 4.69) is 4.90 Å². The van der Waals surface area contributed by atoms with Gasteiger partial charge in [0.05, 0.1) is 6.61 Å². The fourth-order valence-electron chi connectivity index (χ4n) is 2.47. The Morgan fingerprint density at radius 3 is 2.95 bits per heavy atom. The summed E-state index contributed by atoms with van der Waals surface area (Å²) in [6.45, 7) is 3.44. The van der Waals surface area contributed by atoms with Gasteiger partial charge < -0.3 is 4.74 Å². The van der Waals surface area contributed by atoms with Crippen LogP contribution in [0.25, 0.3) is 6.08 Å². The van der Waals surface area contributed by atoms with Gasteiger partial charge in [-0.2, -0.15) is 0 Å². The van der Waals surface area contributed by atoms with Crippen LogP contribution in [0.5, 0.6) is 0 Å². The van der Waals surface area contributed by atoms with E-state index in [9.17, 15) is 8.42 Å². The molecule has 1 saturated heterocycles. The average molecular weight is 337 g/mol. The molecule has 5 nitrogen and oxygen atoms in total. The summed E-state index contributed by atoms with van der Waals surface area (Å²) < 4.78 is 32.0. The highest BCUT2D eigenvalue weighted by atomic mass is 35.5. The molecule has 3 heterocycles. The number of sulfonamides is 1. The monoisotopic (exact) mass is 336 g/mol. The molecule has 0 radical (unpaired) electrons. The van der Waals surface area contributed by atoms with Crippen molar-refractivity contribution in [3.8, 4) is 0 Å². The van der Waals surface area contributed by atoms with Crippen LogP contribution in [-0.2, 0) is 14.8 Å². The molecule has 2 aliphatic rings. The fourth-order valence-corrected chi connectivity index (χ4v) is 5.36. The van der Waals surface area contributed by atoms with E-state index in [1.165, 1.54) is 11.3 Å². The van der Waals surface area contributed by atoms with E-state index in [0.29, 0.717) is 23.9 Å². The van der Waals surface area contributed by atoms with Crippen LogP contribution >= 0.6 is 23.7 Å². The van der Waals surface area contributed by atoms with Crippen molar-refractivity contribution in [3.63, 3.8) is 0 Å². The molecule has 0 bridgehead atoms. The summed E-state index contributed by atoms with van der Waals surface area (Å²) in [5.74, 6) is 0. The molecule has 0 amide bonds. The summed E-state index contributed by atoms with van der Waals surface area (Å²) in [6.07, 6.45) is 1.99. The zero-order valence-corrected chi connectivity index (χ0v) is 13.6. The molecule has 0 aromatic carbocycles. The van der Waals surface area contributed by atoms with Crippen molar-refractivity contribution in [2.24, 2.45) is 0 Å². The number of hydrogen-bond acceptors (Lipinski definition) is 5. The van der Waals surface area contributed by atoms with Gasteiger partial charge in [-0.15, -0.1) is 23.7 Å². The number of thiophene rings is 1. The van der Waals surface area contributed by atoms with Crippen molar-refractivity contribution in [2.45, 2.75) is 4.21 Å². The molecular formula is C12H17ClN2O3S2. The Kier molecular flexibility index (Phi) is 4.76. The highest BCUT2D eigenvalue weighted by Gasteiger charge is 2.36. The summed E-state index contributed by atoms with van der Waals surface area (Å²) >= 11 is 1.29. The Morgan fingerprint density at radius 2 is 2.20 bits per heavy atom. The molecule has 3 rings (SSSR count). The van der Waals surface area contributed by atoms with Crippen LogP contribution in [0.3, 0.4) is 0 Å². The van der Waals surface area contributed by atoms with Gasteiger partial charge >= 0.3 is 0 Å². The third-order valence-electron chi connectivity index (χ3n) is 3.44. The molecule has 20 heavy (non-hydrogen) atoms. The summed E-state index contributed by atoms with van der Waals surface area (Å²) in [4.78, 5) is 2.22. The van der Waals surface area contributed by atoms with Gasteiger partial charge in [-0.25, -0.2) is 8.42 Å². The molecule has 0 atom stereocenters. The molecule has 1 fully saturated rings. The minimum absolute atomic E-state index is 0. The van der Waals surface area contributed by atoms with Crippen LogP contribution < -0.4 is 0 Å². The molecule has 0 N–H and O–H groups in total. The van der Waals surface area contributed by atoms with Gasteiger partial charge in [0.25, 0.3) is 10.0 Å². The first-order valence-corrected chi connectivity index (χ1v) is 8.47. The second kappa shape index (κ2) is 6.03. The summed E-state index contributed by atoms with van der Waals surface area (Å²) in [6, 6.07) is 1.87. The van der Waals surface area contributed by atoms with Crippen molar-refractivity contribution in [1.29, 1.82) is 0 Å².